The number of rotatable bonds is 12. The van der Waals surface area contributed by atoms with E-state index in [4.69, 9.17) is 0 Å². The first kappa shape index (κ1) is 29.9. The van der Waals surface area contributed by atoms with Crippen LogP contribution in [0.2, 0.25) is 0 Å². The van der Waals surface area contributed by atoms with Crippen molar-refractivity contribution in [1.82, 2.24) is 10.2 Å². The van der Waals surface area contributed by atoms with E-state index in [1.54, 1.807) is 24.3 Å². The Hall–Kier alpha value is -3.65. The minimum absolute atomic E-state index is 0.0946. The maximum Gasteiger partial charge on any atom is 0.264 e. The lowest BCUT2D eigenvalue weighted by Gasteiger charge is -2.34. The first-order valence-corrected chi connectivity index (χ1v) is 14.8. The quantitative estimate of drug-likeness (QED) is 0.349. The number of carbonyl (C=O) groups is 2. The summed E-state index contributed by atoms with van der Waals surface area (Å²) in [6.07, 6.45) is 0.932. The number of benzene rings is 3. The second-order valence-electron chi connectivity index (χ2n) is 10.0. The average Bonchev–Trinajstić information content (AvgIpc) is 2.90. The van der Waals surface area contributed by atoms with Gasteiger partial charge in [0, 0.05) is 12.6 Å². The highest BCUT2D eigenvalue weighted by Crippen LogP contribution is 2.28. The summed E-state index contributed by atoms with van der Waals surface area (Å²) in [5.41, 5.74) is 3.18. The molecule has 3 aromatic rings. The molecule has 3 aromatic carbocycles. The predicted molar refractivity (Wildman–Crippen MR) is 156 cm³/mol. The van der Waals surface area contributed by atoms with E-state index < -0.39 is 28.5 Å². The van der Waals surface area contributed by atoms with Crippen molar-refractivity contribution >= 4 is 27.5 Å². The first-order valence-electron chi connectivity index (χ1n) is 13.3. The van der Waals surface area contributed by atoms with Gasteiger partial charge in [-0.05, 0) is 69.9 Å². The molecule has 0 saturated heterocycles. The van der Waals surface area contributed by atoms with E-state index in [-0.39, 0.29) is 23.4 Å². The molecule has 2 amide bonds. The van der Waals surface area contributed by atoms with Gasteiger partial charge in [0.1, 0.15) is 12.6 Å². The predicted octanol–water partition coefficient (Wildman–Crippen LogP) is 4.87. The molecule has 7 nitrogen and oxygen atoms in total. The fourth-order valence-electron chi connectivity index (χ4n) is 4.59. The average molecular weight is 550 g/mol. The van der Waals surface area contributed by atoms with Gasteiger partial charge < -0.3 is 10.2 Å². The van der Waals surface area contributed by atoms with Crippen LogP contribution in [0.5, 0.6) is 0 Å². The Morgan fingerprint density at radius 1 is 0.897 bits per heavy atom. The second-order valence-corrected chi connectivity index (χ2v) is 11.9. The Labute approximate surface area is 232 Å². The summed E-state index contributed by atoms with van der Waals surface area (Å²) in [5, 5.41) is 2.92. The highest BCUT2D eigenvalue weighted by molar-refractivity contribution is 7.92. The minimum atomic E-state index is -4.07. The number of nitrogens with one attached hydrogen (secondary N) is 1. The van der Waals surface area contributed by atoms with Crippen molar-refractivity contribution in [1.29, 1.82) is 0 Å². The summed E-state index contributed by atoms with van der Waals surface area (Å²) in [6, 6.07) is 22.5. The van der Waals surface area contributed by atoms with Gasteiger partial charge in [-0.2, -0.15) is 0 Å². The first-order chi connectivity index (χ1) is 18.5. The van der Waals surface area contributed by atoms with Crippen molar-refractivity contribution < 1.29 is 18.0 Å². The smallest absolute Gasteiger partial charge is 0.264 e. The zero-order valence-electron chi connectivity index (χ0n) is 23.4. The van der Waals surface area contributed by atoms with Crippen LogP contribution in [0.1, 0.15) is 43.9 Å². The van der Waals surface area contributed by atoms with Crippen molar-refractivity contribution in [2.75, 3.05) is 17.4 Å². The zero-order valence-corrected chi connectivity index (χ0v) is 24.2. The van der Waals surface area contributed by atoms with E-state index in [1.165, 1.54) is 21.3 Å². The summed E-state index contributed by atoms with van der Waals surface area (Å²) >= 11 is 0. The van der Waals surface area contributed by atoms with Gasteiger partial charge >= 0.3 is 0 Å². The maximum absolute atomic E-state index is 14.0. The third kappa shape index (κ3) is 7.69. The van der Waals surface area contributed by atoms with E-state index >= 15 is 0 Å². The van der Waals surface area contributed by atoms with Crippen LogP contribution in [0.15, 0.2) is 83.8 Å². The number of anilines is 1. The van der Waals surface area contributed by atoms with Crippen molar-refractivity contribution in [2.24, 2.45) is 0 Å². The number of amides is 2. The van der Waals surface area contributed by atoms with Crippen LogP contribution < -0.4 is 9.62 Å². The van der Waals surface area contributed by atoms with Gasteiger partial charge in [0.15, 0.2) is 0 Å². The molecular formula is C31H39N3O4S. The molecular weight excluding hydrogens is 510 g/mol. The molecule has 1 unspecified atom stereocenters. The fraction of sp³-hybridized carbons (Fsp3) is 0.355. The van der Waals surface area contributed by atoms with Crippen LogP contribution in [0.3, 0.4) is 0 Å². The van der Waals surface area contributed by atoms with E-state index in [0.717, 1.165) is 16.7 Å². The Morgan fingerprint density at radius 2 is 1.51 bits per heavy atom. The molecule has 1 atom stereocenters. The molecule has 208 valence electrons. The molecule has 0 aliphatic rings. The van der Waals surface area contributed by atoms with Crippen molar-refractivity contribution in [3.63, 3.8) is 0 Å². The Kier molecular flexibility index (Phi) is 10.3. The highest BCUT2D eigenvalue weighted by atomic mass is 32.2. The third-order valence-corrected chi connectivity index (χ3v) is 8.31. The van der Waals surface area contributed by atoms with Crippen molar-refractivity contribution in [3.8, 4) is 0 Å². The Bertz CT molecular complexity index is 1360. The van der Waals surface area contributed by atoms with Crippen LogP contribution in [0.25, 0.3) is 0 Å². The molecule has 0 fully saturated rings. The highest BCUT2D eigenvalue weighted by Gasteiger charge is 2.34. The van der Waals surface area contributed by atoms with Gasteiger partial charge in [-0.25, -0.2) is 8.42 Å². The number of hydrogen-bond donors (Lipinski definition) is 1. The van der Waals surface area contributed by atoms with Gasteiger partial charge in [0.2, 0.25) is 11.8 Å². The normalized spacial score (nSPS) is 12.2. The lowest BCUT2D eigenvalue weighted by atomic mass is 10.1. The monoisotopic (exact) mass is 549 g/mol. The minimum Gasteiger partial charge on any atom is -0.352 e. The lowest BCUT2D eigenvalue weighted by Crippen LogP contribution is -2.54. The maximum atomic E-state index is 14.0. The van der Waals surface area contributed by atoms with E-state index in [1.807, 2.05) is 77.1 Å². The molecule has 1 N–H and O–H groups in total. The summed E-state index contributed by atoms with van der Waals surface area (Å²) in [6.45, 7) is 9.21. The van der Waals surface area contributed by atoms with E-state index in [0.29, 0.717) is 18.5 Å². The third-order valence-electron chi connectivity index (χ3n) is 6.53. The van der Waals surface area contributed by atoms with Crippen LogP contribution in [-0.4, -0.2) is 50.3 Å². The van der Waals surface area contributed by atoms with Gasteiger partial charge in [-0.1, -0.05) is 73.2 Å². The Balaban J connectivity index is 2.03. The van der Waals surface area contributed by atoms with Gasteiger partial charge in [-0.3, -0.25) is 13.9 Å². The Morgan fingerprint density at radius 3 is 2.08 bits per heavy atom. The number of nitrogens with zero attached hydrogens (tertiary/aromatic N) is 2. The number of hydrogen-bond acceptors (Lipinski definition) is 4. The number of sulfonamides is 1. The zero-order chi connectivity index (χ0) is 28.6. The molecule has 8 heteroatoms. The SMILES string of the molecule is CCC(C(=O)NC(C)C)N(CCc1ccccc1)C(=O)CN(c1ccc(C)cc1C)S(=O)(=O)c1ccccc1. The van der Waals surface area contributed by atoms with Gasteiger partial charge in [0.05, 0.1) is 10.6 Å². The fourth-order valence-corrected chi connectivity index (χ4v) is 6.09. The summed E-state index contributed by atoms with van der Waals surface area (Å²) < 4.78 is 29.0. The number of aryl methyl sites for hydroxylation is 2. The van der Waals surface area contributed by atoms with Crippen LogP contribution in [-0.2, 0) is 26.0 Å². The standard InChI is InChI=1S/C31H39N3O4S/c1-6-28(31(36)32-23(2)3)33(20-19-26-13-9-7-10-14-26)30(35)22-34(29-18-17-24(4)21-25(29)5)39(37,38)27-15-11-8-12-16-27/h7-18,21,23,28H,6,19-20,22H2,1-5H3,(H,32,36). The van der Waals surface area contributed by atoms with Crippen LogP contribution in [0.4, 0.5) is 5.69 Å². The summed E-state index contributed by atoms with van der Waals surface area (Å²) in [4.78, 5) is 28.8. The second kappa shape index (κ2) is 13.4. The molecule has 0 saturated carbocycles. The summed E-state index contributed by atoms with van der Waals surface area (Å²) in [5.74, 6) is -0.686. The molecule has 39 heavy (non-hydrogen) atoms. The van der Waals surface area contributed by atoms with Gasteiger partial charge in [-0.15, -0.1) is 0 Å². The van der Waals surface area contributed by atoms with Crippen LogP contribution in [0, 0.1) is 13.8 Å². The van der Waals surface area contributed by atoms with Crippen molar-refractivity contribution in [2.45, 2.75) is 64.4 Å². The molecule has 0 spiro atoms. The molecule has 0 aliphatic carbocycles. The topological polar surface area (TPSA) is 86.8 Å². The molecule has 0 radical (unpaired) electrons. The summed E-state index contributed by atoms with van der Waals surface area (Å²) in [7, 11) is -4.07. The molecule has 0 bridgehead atoms. The van der Waals surface area contributed by atoms with Crippen LogP contribution >= 0.6 is 0 Å². The molecule has 0 heterocycles. The molecule has 0 aromatic heterocycles. The van der Waals surface area contributed by atoms with E-state index in [2.05, 4.69) is 5.32 Å². The molecule has 3 rings (SSSR count). The molecule has 0 aliphatic heterocycles. The number of carbonyl (C=O) groups excluding carboxylic acids is 2. The van der Waals surface area contributed by atoms with Crippen molar-refractivity contribution in [3.05, 3.63) is 95.6 Å². The van der Waals surface area contributed by atoms with Gasteiger partial charge in [0.25, 0.3) is 10.0 Å². The lowest BCUT2D eigenvalue weighted by molar-refractivity contribution is -0.139. The van der Waals surface area contributed by atoms with E-state index in [9.17, 15) is 18.0 Å². The largest absolute Gasteiger partial charge is 0.352 e.